The lowest BCUT2D eigenvalue weighted by atomic mass is 9.98. The van der Waals surface area contributed by atoms with Crippen molar-refractivity contribution in [2.75, 3.05) is 13.7 Å². The molecule has 1 aromatic carbocycles. The molecule has 0 N–H and O–H groups in total. The van der Waals surface area contributed by atoms with E-state index in [9.17, 15) is 9.59 Å². The zero-order valence-electron chi connectivity index (χ0n) is 10.2. The van der Waals surface area contributed by atoms with Crippen molar-refractivity contribution in [1.29, 1.82) is 0 Å². The van der Waals surface area contributed by atoms with Crippen LogP contribution < -0.4 is 0 Å². The topological polar surface area (TPSA) is 55.8 Å². The summed E-state index contributed by atoms with van der Waals surface area (Å²) in [5.74, 6) is -0.810. The van der Waals surface area contributed by atoms with E-state index in [1.807, 2.05) is 30.3 Å². The van der Waals surface area contributed by atoms with Gasteiger partial charge >= 0.3 is 5.97 Å². The van der Waals surface area contributed by atoms with Crippen molar-refractivity contribution in [3.05, 3.63) is 35.9 Å². The van der Waals surface area contributed by atoms with E-state index in [-0.39, 0.29) is 30.8 Å². The highest BCUT2D eigenvalue weighted by molar-refractivity contribution is 5.87. The van der Waals surface area contributed by atoms with Gasteiger partial charge in [-0.15, -0.1) is 0 Å². The van der Waals surface area contributed by atoms with Gasteiger partial charge in [0.15, 0.2) is 0 Å². The number of hydroxylamine groups is 2. The molecule has 0 spiro atoms. The molecule has 1 aromatic rings. The molecule has 0 radical (unpaired) electrons. The fourth-order valence-electron chi connectivity index (χ4n) is 1.77. The second-order valence-corrected chi connectivity index (χ2v) is 4.13. The predicted molar refractivity (Wildman–Crippen MR) is 63.1 cm³/mol. The van der Waals surface area contributed by atoms with E-state index in [0.717, 1.165) is 5.56 Å². The molecule has 1 heterocycles. The first-order valence-electron chi connectivity index (χ1n) is 5.75. The van der Waals surface area contributed by atoms with E-state index in [1.54, 1.807) is 0 Å². The Morgan fingerprint density at radius 2 is 2.11 bits per heavy atom. The van der Waals surface area contributed by atoms with Gasteiger partial charge in [-0.2, -0.15) is 0 Å². The largest absolute Gasteiger partial charge is 0.461 e. The lowest BCUT2D eigenvalue weighted by molar-refractivity contribution is -0.211. The highest BCUT2D eigenvalue weighted by Crippen LogP contribution is 2.21. The van der Waals surface area contributed by atoms with E-state index in [0.29, 0.717) is 6.54 Å². The van der Waals surface area contributed by atoms with Crippen LogP contribution >= 0.6 is 0 Å². The molecule has 0 saturated carbocycles. The number of rotatable bonds is 5. The molecule has 0 bridgehead atoms. The van der Waals surface area contributed by atoms with Gasteiger partial charge in [0.2, 0.25) is 0 Å². The molecule has 0 aliphatic carbocycles. The van der Waals surface area contributed by atoms with Crippen molar-refractivity contribution in [1.82, 2.24) is 5.06 Å². The number of carbonyl (C=O) groups excluding carboxylic acids is 2. The Kier molecular flexibility index (Phi) is 3.94. The van der Waals surface area contributed by atoms with Crippen LogP contribution in [-0.2, 0) is 25.8 Å². The number of ether oxygens (including phenoxy) is 1. The number of carbonyl (C=O) groups is 2. The fourth-order valence-corrected chi connectivity index (χ4v) is 1.77. The van der Waals surface area contributed by atoms with E-state index in [4.69, 9.17) is 9.57 Å². The third-order valence-electron chi connectivity index (χ3n) is 2.86. The van der Waals surface area contributed by atoms with Crippen LogP contribution in [0.2, 0.25) is 0 Å². The lowest BCUT2D eigenvalue weighted by Gasteiger charge is -2.35. The van der Waals surface area contributed by atoms with Crippen LogP contribution in [0.15, 0.2) is 30.3 Å². The van der Waals surface area contributed by atoms with Crippen LogP contribution in [0.1, 0.15) is 12.0 Å². The third kappa shape index (κ3) is 2.87. The molecule has 2 rings (SSSR count). The smallest absolute Gasteiger partial charge is 0.307 e. The van der Waals surface area contributed by atoms with Gasteiger partial charge in [0.25, 0.3) is 5.91 Å². The SMILES string of the molecule is CON1C[C@@H](CC(=O)OCc2ccccc2)C1=O. The quantitative estimate of drug-likeness (QED) is 0.580. The summed E-state index contributed by atoms with van der Waals surface area (Å²) in [6.45, 7) is 0.699. The van der Waals surface area contributed by atoms with Gasteiger partial charge < -0.3 is 4.74 Å². The summed E-state index contributed by atoms with van der Waals surface area (Å²) in [5, 5.41) is 1.23. The number of benzene rings is 1. The first-order chi connectivity index (χ1) is 8.70. The highest BCUT2D eigenvalue weighted by atomic mass is 16.7. The standard InChI is InChI=1S/C13H15NO4/c1-17-14-8-11(13(14)16)7-12(15)18-9-10-5-3-2-4-6-10/h2-6,11H,7-9H2,1H3/t11-/m1/s1. The molecule has 1 aliphatic heterocycles. The van der Waals surface area contributed by atoms with Gasteiger partial charge in [-0.3, -0.25) is 14.4 Å². The van der Waals surface area contributed by atoms with Gasteiger partial charge in [-0.05, 0) is 5.56 Å². The molecule has 0 unspecified atom stereocenters. The molecule has 5 heteroatoms. The maximum Gasteiger partial charge on any atom is 0.307 e. The Labute approximate surface area is 105 Å². The van der Waals surface area contributed by atoms with Crippen LogP contribution in [0.3, 0.4) is 0 Å². The summed E-state index contributed by atoms with van der Waals surface area (Å²) in [6.07, 6.45) is 0.117. The maximum absolute atomic E-state index is 11.5. The second-order valence-electron chi connectivity index (χ2n) is 4.13. The maximum atomic E-state index is 11.5. The van der Waals surface area contributed by atoms with Crippen molar-refractivity contribution < 1.29 is 19.2 Å². The molecule has 1 aliphatic rings. The number of nitrogens with zero attached hydrogens (tertiary/aromatic N) is 1. The molecule has 1 atom stereocenters. The molecule has 1 saturated heterocycles. The minimum Gasteiger partial charge on any atom is -0.461 e. The monoisotopic (exact) mass is 249 g/mol. The van der Waals surface area contributed by atoms with Crippen LogP contribution in [-0.4, -0.2) is 30.6 Å². The number of esters is 1. The van der Waals surface area contributed by atoms with Crippen molar-refractivity contribution in [3.8, 4) is 0 Å². The fraction of sp³-hybridized carbons (Fsp3) is 0.385. The Morgan fingerprint density at radius 1 is 1.39 bits per heavy atom. The number of hydrogen-bond donors (Lipinski definition) is 0. The Bertz CT molecular complexity index is 432. The predicted octanol–water partition coefficient (Wildman–Crippen LogP) is 1.14. The summed E-state index contributed by atoms with van der Waals surface area (Å²) >= 11 is 0. The van der Waals surface area contributed by atoms with Crippen molar-refractivity contribution in [3.63, 3.8) is 0 Å². The summed E-state index contributed by atoms with van der Waals surface area (Å²) in [4.78, 5) is 27.7. The minimum absolute atomic E-state index is 0.117. The van der Waals surface area contributed by atoms with Crippen molar-refractivity contribution in [2.45, 2.75) is 13.0 Å². The first kappa shape index (κ1) is 12.6. The van der Waals surface area contributed by atoms with E-state index < -0.39 is 0 Å². The lowest BCUT2D eigenvalue weighted by Crippen LogP contribution is -2.52. The van der Waals surface area contributed by atoms with Crippen LogP contribution in [0.25, 0.3) is 0 Å². The zero-order chi connectivity index (χ0) is 13.0. The van der Waals surface area contributed by atoms with Gasteiger partial charge in [0, 0.05) is 0 Å². The molecule has 1 fully saturated rings. The zero-order valence-corrected chi connectivity index (χ0v) is 10.2. The summed E-state index contributed by atoms with van der Waals surface area (Å²) in [6, 6.07) is 9.44. The van der Waals surface area contributed by atoms with Crippen LogP contribution in [0, 0.1) is 5.92 Å². The Morgan fingerprint density at radius 3 is 2.72 bits per heavy atom. The molecule has 96 valence electrons. The van der Waals surface area contributed by atoms with Crippen molar-refractivity contribution >= 4 is 11.9 Å². The normalized spacial score (nSPS) is 18.4. The average molecular weight is 249 g/mol. The number of amides is 1. The molecule has 0 aromatic heterocycles. The van der Waals surface area contributed by atoms with E-state index in [2.05, 4.69) is 0 Å². The molecule has 5 nitrogen and oxygen atoms in total. The Balaban J connectivity index is 1.72. The van der Waals surface area contributed by atoms with Crippen LogP contribution in [0.4, 0.5) is 0 Å². The van der Waals surface area contributed by atoms with E-state index in [1.165, 1.54) is 12.2 Å². The summed E-state index contributed by atoms with van der Waals surface area (Å²) in [5.41, 5.74) is 0.935. The molecular weight excluding hydrogens is 234 g/mol. The van der Waals surface area contributed by atoms with Gasteiger partial charge in [0.1, 0.15) is 6.61 Å². The number of hydrogen-bond acceptors (Lipinski definition) is 4. The van der Waals surface area contributed by atoms with Gasteiger partial charge in [-0.25, -0.2) is 5.06 Å². The summed E-state index contributed by atoms with van der Waals surface area (Å²) in [7, 11) is 1.43. The first-order valence-corrected chi connectivity index (χ1v) is 5.75. The summed E-state index contributed by atoms with van der Waals surface area (Å²) < 4.78 is 5.10. The van der Waals surface area contributed by atoms with Crippen molar-refractivity contribution in [2.24, 2.45) is 5.92 Å². The van der Waals surface area contributed by atoms with E-state index >= 15 is 0 Å². The second kappa shape index (κ2) is 5.64. The minimum atomic E-state index is -0.354. The van der Waals surface area contributed by atoms with Gasteiger partial charge in [-0.1, -0.05) is 30.3 Å². The third-order valence-corrected chi connectivity index (χ3v) is 2.86. The number of β-lactam (4-membered cyclic amide) rings is 1. The van der Waals surface area contributed by atoms with Gasteiger partial charge in [0.05, 0.1) is 26.0 Å². The van der Waals surface area contributed by atoms with Crippen LogP contribution in [0.5, 0.6) is 0 Å². The molecule has 18 heavy (non-hydrogen) atoms. The molecular formula is C13H15NO4. The highest BCUT2D eigenvalue weighted by Gasteiger charge is 2.38. The Hall–Kier alpha value is -1.88. The average Bonchev–Trinajstić information content (AvgIpc) is 2.41. The molecule has 1 amide bonds.